The van der Waals surface area contributed by atoms with E-state index >= 15 is 0 Å². The minimum atomic E-state index is 0.0896. The Hall–Kier alpha value is -2.14. The van der Waals surface area contributed by atoms with Gasteiger partial charge in [0, 0.05) is 25.3 Å². The van der Waals surface area contributed by atoms with Gasteiger partial charge in [-0.3, -0.25) is 9.89 Å². The van der Waals surface area contributed by atoms with Crippen LogP contribution in [0.1, 0.15) is 47.8 Å². The van der Waals surface area contributed by atoms with Crippen molar-refractivity contribution in [3.63, 3.8) is 0 Å². The molecule has 1 amide bonds. The first-order chi connectivity index (χ1) is 12.7. The summed E-state index contributed by atoms with van der Waals surface area (Å²) in [5.74, 6) is 0.0896. The molecular formula is C21H30N4O. The Morgan fingerprint density at radius 3 is 2.92 bits per heavy atom. The average Bonchev–Trinajstić information content (AvgIpc) is 3.17. The maximum absolute atomic E-state index is 12.8. The molecule has 26 heavy (non-hydrogen) atoms. The maximum atomic E-state index is 12.8. The number of carbonyl (C=O) groups is 1. The number of hydrogen-bond donors (Lipinski definition) is 1. The van der Waals surface area contributed by atoms with Gasteiger partial charge in [-0.25, -0.2) is 0 Å². The van der Waals surface area contributed by atoms with Crippen LogP contribution < -0.4 is 0 Å². The second kappa shape index (κ2) is 8.99. The van der Waals surface area contributed by atoms with Crippen molar-refractivity contribution < 1.29 is 4.79 Å². The predicted octanol–water partition coefficient (Wildman–Crippen LogP) is 3.14. The third-order valence-electron chi connectivity index (χ3n) is 5.43. The molecule has 0 unspecified atom stereocenters. The molecule has 3 rings (SSSR count). The molecule has 2 heterocycles. The van der Waals surface area contributed by atoms with Crippen LogP contribution in [0.3, 0.4) is 0 Å². The summed E-state index contributed by atoms with van der Waals surface area (Å²) in [6.45, 7) is 5.24. The second-order valence-electron chi connectivity index (χ2n) is 7.22. The van der Waals surface area contributed by atoms with Crippen LogP contribution in [0.5, 0.6) is 0 Å². The molecule has 1 aromatic carbocycles. The molecule has 1 aliphatic heterocycles. The Balaban J connectivity index is 1.51. The Bertz CT molecular complexity index is 697. The number of amides is 1. The molecule has 2 aromatic rings. The highest BCUT2D eigenvalue weighted by Crippen LogP contribution is 2.19. The van der Waals surface area contributed by atoms with Crippen molar-refractivity contribution in [1.29, 1.82) is 0 Å². The summed E-state index contributed by atoms with van der Waals surface area (Å²) < 4.78 is 0. The molecular weight excluding hydrogens is 324 g/mol. The zero-order chi connectivity index (χ0) is 18.4. The average molecular weight is 354 g/mol. The van der Waals surface area contributed by atoms with E-state index in [0.29, 0.717) is 0 Å². The monoisotopic (exact) mass is 354 g/mol. The summed E-state index contributed by atoms with van der Waals surface area (Å²) in [7, 11) is 1.94. The number of likely N-dealkylation sites (tertiary alicyclic amines) is 1. The minimum absolute atomic E-state index is 0.0896. The van der Waals surface area contributed by atoms with E-state index in [1.165, 1.54) is 5.56 Å². The highest BCUT2D eigenvalue weighted by atomic mass is 16.2. The van der Waals surface area contributed by atoms with Gasteiger partial charge in [0.15, 0.2) is 0 Å². The van der Waals surface area contributed by atoms with Gasteiger partial charge in [0.05, 0.1) is 11.8 Å². The summed E-state index contributed by atoms with van der Waals surface area (Å²) in [5, 5.41) is 6.98. The Kier molecular flexibility index (Phi) is 6.45. The summed E-state index contributed by atoms with van der Waals surface area (Å²) >= 11 is 0. The number of carbonyl (C=O) groups excluding carboxylic acids is 1. The Labute approximate surface area is 156 Å². The molecule has 5 nitrogen and oxygen atoms in total. The van der Waals surface area contributed by atoms with E-state index < -0.39 is 0 Å². The number of likely N-dealkylation sites (N-methyl/N-ethyl adjacent to an activating group) is 1. The Morgan fingerprint density at radius 2 is 2.15 bits per heavy atom. The molecule has 140 valence electrons. The first-order valence-electron chi connectivity index (χ1n) is 9.74. The van der Waals surface area contributed by atoms with Crippen LogP contribution in [0.15, 0.2) is 36.5 Å². The van der Waals surface area contributed by atoms with Crippen LogP contribution in [0.2, 0.25) is 0 Å². The van der Waals surface area contributed by atoms with Crippen molar-refractivity contribution >= 4 is 5.91 Å². The summed E-state index contributed by atoms with van der Waals surface area (Å²) in [6.07, 6.45) is 6.97. The first-order valence-corrected chi connectivity index (χ1v) is 9.74. The fourth-order valence-electron chi connectivity index (χ4n) is 3.82. The molecule has 0 saturated carbocycles. The van der Waals surface area contributed by atoms with Crippen LogP contribution in [0.25, 0.3) is 0 Å². The highest BCUT2D eigenvalue weighted by molar-refractivity contribution is 5.95. The first kappa shape index (κ1) is 18.6. The van der Waals surface area contributed by atoms with Crippen molar-refractivity contribution in [2.75, 3.05) is 26.7 Å². The normalized spacial score (nSPS) is 18.0. The lowest BCUT2D eigenvalue weighted by Crippen LogP contribution is -2.48. The van der Waals surface area contributed by atoms with Crippen molar-refractivity contribution in [1.82, 2.24) is 20.0 Å². The number of H-pyrrole nitrogens is 1. The maximum Gasteiger partial charge on any atom is 0.257 e. The lowest BCUT2D eigenvalue weighted by atomic mass is 10.0. The van der Waals surface area contributed by atoms with E-state index in [1.54, 1.807) is 6.20 Å². The van der Waals surface area contributed by atoms with Gasteiger partial charge < -0.3 is 9.80 Å². The molecule has 5 heteroatoms. The summed E-state index contributed by atoms with van der Waals surface area (Å²) in [4.78, 5) is 17.3. The molecule has 0 bridgehead atoms. The number of aromatic nitrogens is 2. The standard InChI is InChI=1S/C21H30N4O/c1-3-20-19(15-22-23-20)21(26)24(2)18-12-8-14-25(16-18)13-7-11-17-9-5-4-6-10-17/h4-6,9-10,15,18H,3,7-8,11-14,16H2,1-2H3,(H,22,23)/t18-/m1/s1. The number of aryl methyl sites for hydroxylation is 2. The molecule has 0 spiro atoms. The van der Waals surface area contributed by atoms with Crippen LogP contribution >= 0.6 is 0 Å². The SMILES string of the molecule is CCc1[nH]ncc1C(=O)N(C)[C@@H]1CCCN(CCCc2ccccc2)C1. The van der Waals surface area contributed by atoms with Crippen LogP contribution in [-0.2, 0) is 12.8 Å². The van der Waals surface area contributed by atoms with Gasteiger partial charge in [0.1, 0.15) is 0 Å². The smallest absolute Gasteiger partial charge is 0.257 e. The van der Waals surface area contributed by atoms with E-state index in [-0.39, 0.29) is 11.9 Å². The van der Waals surface area contributed by atoms with Crippen LogP contribution in [-0.4, -0.2) is 58.6 Å². The van der Waals surface area contributed by atoms with Gasteiger partial charge in [-0.1, -0.05) is 37.3 Å². The molecule has 0 radical (unpaired) electrons. The molecule has 1 saturated heterocycles. The van der Waals surface area contributed by atoms with Crippen molar-refractivity contribution in [2.24, 2.45) is 0 Å². The molecule has 1 N–H and O–H groups in total. The predicted molar refractivity (Wildman–Crippen MR) is 104 cm³/mol. The molecule has 1 aliphatic rings. The van der Waals surface area contributed by atoms with E-state index in [0.717, 1.165) is 63.0 Å². The van der Waals surface area contributed by atoms with Gasteiger partial charge in [-0.2, -0.15) is 5.10 Å². The van der Waals surface area contributed by atoms with Gasteiger partial charge in [0.25, 0.3) is 5.91 Å². The second-order valence-corrected chi connectivity index (χ2v) is 7.22. The fraction of sp³-hybridized carbons (Fsp3) is 0.524. The van der Waals surface area contributed by atoms with Crippen LogP contribution in [0, 0.1) is 0 Å². The zero-order valence-electron chi connectivity index (χ0n) is 15.9. The van der Waals surface area contributed by atoms with Gasteiger partial charge in [0.2, 0.25) is 0 Å². The van der Waals surface area contributed by atoms with Crippen LogP contribution in [0.4, 0.5) is 0 Å². The zero-order valence-corrected chi connectivity index (χ0v) is 15.9. The highest BCUT2D eigenvalue weighted by Gasteiger charge is 2.27. The molecule has 1 fully saturated rings. The van der Waals surface area contributed by atoms with Gasteiger partial charge >= 0.3 is 0 Å². The quantitative estimate of drug-likeness (QED) is 0.831. The van der Waals surface area contributed by atoms with Crippen molar-refractivity contribution in [2.45, 2.75) is 45.1 Å². The topological polar surface area (TPSA) is 52.2 Å². The fourth-order valence-corrected chi connectivity index (χ4v) is 3.82. The molecule has 1 atom stereocenters. The number of nitrogens with zero attached hydrogens (tertiary/aromatic N) is 3. The number of nitrogens with one attached hydrogen (secondary N) is 1. The van der Waals surface area contributed by atoms with Gasteiger partial charge in [-0.15, -0.1) is 0 Å². The van der Waals surface area contributed by atoms with E-state index in [4.69, 9.17) is 0 Å². The van der Waals surface area contributed by atoms with E-state index in [9.17, 15) is 4.79 Å². The lowest BCUT2D eigenvalue weighted by molar-refractivity contribution is 0.0616. The molecule has 1 aromatic heterocycles. The summed E-state index contributed by atoms with van der Waals surface area (Å²) in [6, 6.07) is 11.0. The number of benzene rings is 1. The number of hydrogen-bond acceptors (Lipinski definition) is 3. The van der Waals surface area contributed by atoms with E-state index in [1.807, 2.05) is 18.9 Å². The number of aromatic amines is 1. The number of piperidine rings is 1. The molecule has 0 aliphatic carbocycles. The Morgan fingerprint density at radius 1 is 1.35 bits per heavy atom. The third-order valence-corrected chi connectivity index (χ3v) is 5.43. The van der Waals surface area contributed by atoms with E-state index in [2.05, 4.69) is 45.4 Å². The lowest BCUT2D eigenvalue weighted by Gasteiger charge is -2.37. The minimum Gasteiger partial charge on any atom is -0.337 e. The number of rotatable bonds is 7. The largest absolute Gasteiger partial charge is 0.337 e. The van der Waals surface area contributed by atoms with Crippen molar-refractivity contribution in [3.8, 4) is 0 Å². The van der Waals surface area contributed by atoms with Crippen molar-refractivity contribution in [3.05, 3.63) is 53.3 Å². The third kappa shape index (κ3) is 4.52. The van der Waals surface area contributed by atoms with Gasteiger partial charge in [-0.05, 0) is 50.8 Å². The summed E-state index contributed by atoms with van der Waals surface area (Å²) in [5.41, 5.74) is 3.05.